The lowest BCUT2D eigenvalue weighted by Crippen LogP contribution is -2.35. The molecule has 184 valence electrons. The second-order valence-electron chi connectivity index (χ2n) is 8.03. The molecule has 2 heterocycles. The molecule has 10 heteroatoms. The predicted molar refractivity (Wildman–Crippen MR) is 131 cm³/mol. The molecule has 0 atom stereocenters. The quantitative estimate of drug-likeness (QED) is 0.478. The number of ether oxygens (including phenoxy) is 1. The van der Waals surface area contributed by atoms with E-state index in [0.29, 0.717) is 36.6 Å². The number of nitrogens with one attached hydrogen (secondary N) is 2. The van der Waals surface area contributed by atoms with Crippen LogP contribution in [0.4, 0.5) is 11.4 Å². The van der Waals surface area contributed by atoms with Crippen molar-refractivity contribution >= 4 is 33.2 Å². The number of amides is 2. The fourth-order valence-electron chi connectivity index (χ4n) is 3.72. The summed E-state index contributed by atoms with van der Waals surface area (Å²) in [6.45, 7) is 3.36. The van der Waals surface area contributed by atoms with E-state index in [1.165, 1.54) is 16.4 Å². The Morgan fingerprint density at radius 3 is 2.09 bits per heavy atom. The molecule has 0 spiro atoms. The zero-order chi connectivity index (χ0) is 24.8. The Morgan fingerprint density at radius 2 is 1.46 bits per heavy atom. The monoisotopic (exact) mass is 497 g/mol. The van der Waals surface area contributed by atoms with E-state index in [-0.39, 0.29) is 16.8 Å². The van der Waals surface area contributed by atoms with Crippen LogP contribution >= 0.6 is 0 Å². The van der Waals surface area contributed by atoms with E-state index in [2.05, 4.69) is 10.6 Å². The van der Waals surface area contributed by atoms with Gasteiger partial charge >= 0.3 is 0 Å². The van der Waals surface area contributed by atoms with Crippen molar-refractivity contribution in [3.05, 3.63) is 72.0 Å². The minimum Gasteiger partial charge on any atom is -0.494 e. The number of carbonyl (C=O) groups is 2. The maximum Gasteiger partial charge on any atom is 0.291 e. The topological polar surface area (TPSA) is 118 Å². The Balaban J connectivity index is 1.36. The highest BCUT2D eigenvalue weighted by molar-refractivity contribution is 7.89. The number of piperidine rings is 1. The third kappa shape index (κ3) is 5.90. The Bertz CT molecular complexity index is 1280. The van der Waals surface area contributed by atoms with Gasteiger partial charge in [0.1, 0.15) is 5.75 Å². The van der Waals surface area contributed by atoms with E-state index in [0.717, 1.165) is 25.0 Å². The van der Waals surface area contributed by atoms with Crippen molar-refractivity contribution in [2.45, 2.75) is 31.3 Å². The van der Waals surface area contributed by atoms with Crippen LogP contribution in [0.2, 0.25) is 0 Å². The van der Waals surface area contributed by atoms with Gasteiger partial charge < -0.3 is 19.8 Å². The van der Waals surface area contributed by atoms with E-state index in [4.69, 9.17) is 9.15 Å². The summed E-state index contributed by atoms with van der Waals surface area (Å²) in [5.74, 6) is -0.279. The summed E-state index contributed by atoms with van der Waals surface area (Å²) in [6, 6.07) is 16.0. The Labute approximate surface area is 204 Å². The average molecular weight is 498 g/mol. The molecule has 0 bridgehead atoms. The minimum atomic E-state index is -3.76. The van der Waals surface area contributed by atoms with Crippen LogP contribution in [-0.2, 0) is 10.0 Å². The number of anilines is 2. The first-order valence-electron chi connectivity index (χ1n) is 11.4. The zero-order valence-corrected chi connectivity index (χ0v) is 20.1. The highest BCUT2D eigenvalue weighted by Crippen LogP contribution is 2.23. The predicted octanol–water partition coefficient (Wildman–Crippen LogP) is 4.36. The Morgan fingerprint density at radius 1 is 0.857 bits per heavy atom. The minimum absolute atomic E-state index is 0.113. The highest BCUT2D eigenvalue weighted by Gasteiger charge is 2.29. The van der Waals surface area contributed by atoms with E-state index in [9.17, 15) is 18.0 Å². The van der Waals surface area contributed by atoms with Gasteiger partial charge in [-0.15, -0.1) is 0 Å². The molecule has 0 aliphatic carbocycles. The molecule has 3 aromatic rings. The third-order valence-electron chi connectivity index (χ3n) is 5.54. The summed E-state index contributed by atoms with van der Waals surface area (Å²) >= 11 is 0. The highest BCUT2D eigenvalue weighted by atomic mass is 32.2. The SMILES string of the molecule is CCOc1ccc(NC(=O)c2ccc(NC(=O)c3ccc(S(=O)(=O)N4CCCCC4)o3)cc2)cc1. The third-order valence-corrected chi connectivity index (χ3v) is 7.32. The average Bonchev–Trinajstić information content (AvgIpc) is 3.38. The molecule has 0 unspecified atom stereocenters. The van der Waals surface area contributed by atoms with E-state index in [1.54, 1.807) is 48.5 Å². The van der Waals surface area contributed by atoms with Gasteiger partial charge in [0.25, 0.3) is 21.8 Å². The summed E-state index contributed by atoms with van der Waals surface area (Å²) in [5.41, 5.74) is 1.47. The summed E-state index contributed by atoms with van der Waals surface area (Å²) in [6.07, 6.45) is 2.61. The number of nitrogens with zero attached hydrogens (tertiary/aromatic N) is 1. The van der Waals surface area contributed by atoms with Crippen molar-refractivity contribution in [1.29, 1.82) is 0 Å². The van der Waals surface area contributed by atoms with Gasteiger partial charge in [-0.3, -0.25) is 9.59 Å². The maximum absolute atomic E-state index is 12.7. The van der Waals surface area contributed by atoms with Gasteiger partial charge in [-0.1, -0.05) is 6.42 Å². The standard InChI is InChI=1S/C25H27N3O6S/c1-2-33-21-12-10-20(11-13-21)26-24(29)18-6-8-19(9-7-18)27-25(30)22-14-15-23(34-22)35(31,32)28-16-4-3-5-17-28/h6-15H,2-5,16-17H2,1H3,(H,26,29)(H,27,30). The van der Waals surface area contributed by atoms with Crippen molar-refractivity contribution in [2.24, 2.45) is 0 Å². The van der Waals surface area contributed by atoms with E-state index in [1.807, 2.05) is 6.92 Å². The largest absolute Gasteiger partial charge is 0.494 e. The number of hydrogen-bond acceptors (Lipinski definition) is 6. The molecular weight excluding hydrogens is 470 g/mol. The van der Waals surface area contributed by atoms with Crippen molar-refractivity contribution < 1.29 is 27.2 Å². The number of hydrogen-bond donors (Lipinski definition) is 2. The van der Waals surface area contributed by atoms with Crippen molar-refractivity contribution in [2.75, 3.05) is 30.3 Å². The molecule has 1 saturated heterocycles. The van der Waals surface area contributed by atoms with E-state index < -0.39 is 15.9 Å². The lowest BCUT2D eigenvalue weighted by atomic mass is 10.2. The maximum atomic E-state index is 12.7. The Hall–Kier alpha value is -3.63. The molecule has 9 nitrogen and oxygen atoms in total. The van der Waals surface area contributed by atoms with Gasteiger partial charge in [0, 0.05) is 30.0 Å². The molecule has 2 aromatic carbocycles. The van der Waals surface area contributed by atoms with Crippen LogP contribution in [0.1, 0.15) is 47.1 Å². The van der Waals surface area contributed by atoms with Crippen LogP contribution < -0.4 is 15.4 Å². The summed E-state index contributed by atoms with van der Waals surface area (Å²) in [5, 5.41) is 5.21. The van der Waals surface area contributed by atoms with Gasteiger partial charge in [0.05, 0.1) is 6.61 Å². The van der Waals surface area contributed by atoms with Gasteiger partial charge in [-0.25, -0.2) is 8.42 Å². The molecular formula is C25H27N3O6S. The lowest BCUT2D eigenvalue weighted by Gasteiger charge is -2.24. The van der Waals surface area contributed by atoms with Gasteiger partial charge in [-0.05, 0) is 80.4 Å². The second-order valence-corrected chi connectivity index (χ2v) is 9.90. The van der Waals surface area contributed by atoms with Gasteiger partial charge in [0.15, 0.2) is 5.76 Å². The van der Waals surface area contributed by atoms with Crippen molar-refractivity contribution in [3.8, 4) is 5.75 Å². The van der Waals surface area contributed by atoms with Crippen LogP contribution in [0.5, 0.6) is 5.75 Å². The number of carbonyl (C=O) groups excluding carboxylic acids is 2. The van der Waals surface area contributed by atoms with Crippen LogP contribution in [0.25, 0.3) is 0 Å². The Kier molecular flexibility index (Phi) is 7.52. The molecule has 1 fully saturated rings. The molecule has 1 aliphatic heterocycles. The second kappa shape index (κ2) is 10.7. The van der Waals surface area contributed by atoms with Gasteiger partial charge in [0.2, 0.25) is 5.09 Å². The number of sulfonamides is 1. The van der Waals surface area contributed by atoms with Crippen molar-refractivity contribution in [1.82, 2.24) is 4.31 Å². The van der Waals surface area contributed by atoms with Crippen LogP contribution in [0, 0.1) is 0 Å². The van der Waals surface area contributed by atoms with Crippen LogP contribution in [0.15, 0.2) is 70.2 Å². The van der Waals surface area contributed by atoms with Crippen molar-refractivity contribution in [3.63, 3.8) is 0 Å². The summed E-state index contributed by atoms with van der Waals surface area (Å²) in [4.78, 5) is 25.1. The zero-order valence-electron chi connectivity index (χ0n) is 19.3. The number of furan rings is 1. The van der Waals surface area contributed by atoms with Crippen LogP contribution in [0.3, 0.4) is 0 Å². The molecule has 35 heavy (non-hydrogen) atoms. The van der Waals surface area contributed by atoms with Gasteiger partial charge in [-0.2, -0.15) is 4.31 Å². The van der Waals surface area contributed by atoms with Crippen LogP contribution in [-0.4, -0.2) is 44.2 Å². The molecule has 2 amide bonds. The number of benzene rings is 2. The summed E-state index contributed by atoms with van der Waals surface area (Å²) in [7, 11) is -3.76. The molecule has 0 saturated carbocycles. The first kappa shape index (κ1) is 24.5. The first-order valence-corrected chi connectivity index (χ1v) is 12.9. The molecule has 4 rings (SSSR count). The molecule has 1 aromatic heterocycles. The lowest BCUT2D eigenvalue weighted by molar-refractivity contribution is 0.0990. The fourth-order valence-corrected chi connectivity index (χ4v) is 5.14. The molecule has 2 N–H and O–H groups in total. The number of rotatable bonds is 8. The normalized spacial score (nSPS) is 14.3. The molecule has 0 radical (unpaired) electrons. The fraction of sp³-hybridized carbons (Fsp3) is 0.280. The smallest absolute Gasteiger partial charge is 0.291 e. The first-order chi connectivity index (χ1) is 16.9. The molecule has 1 aliphatic rings. The summed E-state index contributed by atoms with van der Waals surface area (Å²) < 4.78 is 37.6. The van der Waals surface area contributed by atoms with E-state index >= 15 is 0 Å².